The summed E-state index contributed by atoms with van der Waals surface area (Å²) in [7, 11) is 0. The summed E-state index contributed by atoms with van der Waals surface area (Å²) in [5, 5.41) is 4.35. The van der Waals surface area contributed by atoms with Crippen molar-refractivity contribution in [2.45, 2.75) is 32.6 Å². The minimum absolute atomic E-state index is 0.233. The maximum Gasteiger partial charge on any atom is 0.169 e. The number of ketones is 1. The third-order valence-corrected chi connectivity index (χ3v) is 6.07. The molecule has 21 heavy (non-hydrogen) atoms. The molecule has 0 amide bonds. The van der Waals surface area contributed by atoms with Crippen LogP contribution in [0.2, 0.25) is 10.0 Å². The Balaban J connectivity index is 1.94. The molecule has 0 spiro atoms. The highest BCUT2D eigenvalue weighted by Crippen LogP contribution is 2.51. The summed E-state index contributed by atoms with van der Waals surface area (Å²) in [5.74, 6) is 1.42. The highest BCUT2D eigenvalue weighted by Gasteiger charge is 2.49. The standard InChI is InChI=1S/C17H21Cl2NO/c1-11(12-2-3-12)17(6-8-20-9-7-17)16(21)13-4-5-14(18)15(19)10-13/h4-5,10-12,20H,2-3,6-9H2,1H3. The van der Waals surface area contributed by atoms with Crippen molar-refractivity contribution in [1.29, 1.82) is 0 Å². The van der Waals surface area contributed by atoms with Crippen molar-refractivity contribution in [3.05, 3.63) is 33.8 Å². The Kier molecular flexibility index (Phi) is 4.31. The molecule has 1 atom stereocenters. The molecule has 3 rings (SSSR count). The van der Waals surface area contributed by atoms with Crippen molar-refractivity contribution >= 4 is 29.0 Å². The lowest BCUT2D eigenvalue weighted by Crippen LogP contribution is -2.47. The van der Waals surface area contributed by atoms with Crippen molar-refractivity contribution in [1.82, 2.24) is 5.32 Å². The molecule has 1 aliphatic heterocycles. The molecule has 2 aliphatic rings. The first-order chi connectivity index (χ1) is 10.0. The predicted octanol–water partition coefficient (Wildman–Crippen LogP) is 4.59. The summed E-state index contributed by atoms with van der Waals surface area (Å²) in [6.45, 7) is 4.10. The van der Waals surface area contributed by atoms with Crippen LogP contribution < -0.4 is 5.32 Å². The lowest BCUT2D eigenvalue weighted by Gasteiger charge is -2.41. The molecule has 1 saturated carbocycles. The Hall–Kier alpha value is -0.570. The Morgan fingerprint density at radius 1 is 1.24 bits per heavy atom. The Labute approximate surface area is 136 Å². The average molecular weight is 326 g/mol. The van der Waals surface area contributed by atoms with E-state index in [4.69, 9.17) is 23.2 Å². The normalized spacial score (nSPS) is 22.8. The van der Waals surface area contributed by atoms with E-state index in [1.54, 1.807) is 12.1 Å². The molecule has 114 valence electrons. The molecule has 1 aromatic rings. The van der Waals surface area contributed by atoms with Crippen LogP contribution in [0.4, 0.5) is 0 Å². The molecule has 1 saturated heterocycles. The molecule has 0 aromatic heterocycles. The summed E-state index contributed by atoms with van der Waals surface area (Å²) in [5.41, 5.74) is 0.475. The van der Waals surface area contributed by atoms with E-state index in [2.05, 4.69) is 12.2 Å². The summed E-state index contributed by atoms with van der Waals surface area (Å²) in [6.07, 6.45) is 4.38. The fourth-order valence-corrected chi connectivity index (χ4v) is 4.03. The van der Waals surface area contributed by atoms with Crippen LogP contribution in [0.1, 0.15) is 43.0 Å². The van der Waals surface area contributed by atoms with Gasteiger partial charge >= 0.3 is 0 Å². The number of carbonyl (C=O) groups is 1. The van der Waals surface area contributed by atoms with Gasteiger partial charge in [-0.1, -0.05) is 30.1 Å². The molecule has 1 aromatic carbocycles. The van der Waals surface area contributed by atoms with Gasteiger partial charge in [-0.05, 0) is 68.8 Å². The van der Waals surface area contributed by atoms with Gasteiger partial charge in [-0.25, -0.2) is 0 Å². The minimum atomic E-state index is -0.233. The van der Waals surface area contributed by atoms with E-state index < -0.39 is 0 Å². The van der Waals surface area contributed by atoms with Crippen LogP contribution in [0.5, 0.6) is 0 Å². The first-order valence-corrected chi connectivity index (χ1v) is 8.51. The van der Waals surface area contributed by atoms with Gasteiger partial charge in [-0.3, -0.25) is 4.79 Å². The maximum absolute atomic E-state index is 13.2. The zero-order chi connectivity index (χ0) is 15.0. The van der Waals surface area contributed by atoms with Gasteiger partial charge in [-0.15, -0.1) is 0 Å². The maximum atomic E-state index is 13.2. The summed E-state index contributed by atoms with van der Waals surface area (Å²) >= 11 is 12.1. The van der Waals surface area contributed by atoms with Crippen LogP contribution in [-0.4, -0.2) is 18.9 Å². The second kappa shape index (κ2) is 5.91. The minimum Gasteiger partial charge on any atom is -0.317 e. The third kappa shape index (κ3) is 2.86. The van der Waals surface area contributed by atoms with Gasteiger partial charge in [0.15, 0.2) is 5.78 Å². The van der Waals surface area contributed by atoms with Crippen LogP contribution in [0.15, 0.2) is 18.2 Å². The van der Waals surface area contributed by atoms with E-state index in [0.29, 0.717) is 21.5 Å². The van der Waals surface area contributed by atoms with Crippen LogP contribution in [0, 0.1) is 17.3 Å². The Morgan fingerprint density at radius 2 is 1.90 bits per heavy atom. The zero-order valence-corrected chi connectivity index (χ0v) is 13.8. The van der Waals surface area contributed by atoms with Gasteiger partial charge in [0.1, 0.15) is 0 Å². The summed E-state index contributed by atoms with van der Waals surface area (Å²) < 4.78 is 0. The van der Waals surface area contributed by atoms with Crippen molar-refractivity contribution < 1.29 is 4.79 Å². The number of carbonyl (C=O) groups excluding carboxylic acids is 1. The molecular formula is C17H21Cl2NO. The molecule has 2 fully saturated rings. The number of halogens is 2. The van der Waals surface area contributed by atoms with Crippen molar-refractivity contribution in [3.8, 4) is 0 Å². The molecule has 2 nitrogen and oxygen atoms in total. The number of piperidine rings is 1. The highest BCUT2D eigenvalue weighted by atomic mass is 35.5. The van der Waals surface area contributed by atoms with Gasteiger partial charge < -0.3 is 5.32 Å². The van der Waals surface area contributed by atoms with E-state index in [1.165, 1.54) is 12.8 Å². The van der Waals surface area contributed by atoms with Crippen LogP contribution in [0.25, 0.3) is 0 Å². The second-order valence-corrected chi connectivity index (χ2v) is 7.30. The van der Waals surface area contributed by atoms with Crippen LogP contribution >= 0.6 is 23.2 Å². The van der Waals surface area contributed by atoms with Gasteiger partial charge in [0.2, 0.25) is 0 Å². The predicted molar refractivity (Wildman–Crippen MR) is 87.2 cm³/mol. The Morgan fingerprint density at radius 3 is 2.48 bits per heavy atom. The fraction of sp³-hybridized carbons (Fsp3) is 0.588. The van der Waals surface area contributed by atoms with Crippen LogP contribution in [0.3, 0.4) is 0 Å². The lowest BCUT2D eigenvalue weighted by atomic mass is 9.64. The van der Waals surface area contributed by atoms with Crippen molar-refractivity contribution in [2.24, 2.45) is 17.3 Å². The van der Waals surface area contributed by atoms with Gasteiger partial charge in [0, 0.05) is 11.0 Å². The average Bonchev–Trinajstić information content (AvgIpc) is 3.34. The quantitative estimate of drug-likeness (QED) is 0.820. The zero-order valence-electron chi connectivity index (χ0n) is 12.3. The molecule has 1 unspecified atom stereocenters. The monoisotopic (exact) mass is 325 g/mol. The van der Waals surface area contributed by atoms with Gasteiger partial charge in [-0.2, -0.15) is 0 Å². The number of rotatable bonds is 4. The molecule has 0 bridgehead atoms. The second-order valence-electron chi connectivity index (χ2n) is 6.49. The molecule has 1 N–H and O–H groups in total. The van der Waals surface area contributed by atoms with Crippen molar-refractivity contribution in [3.63, 3.8) is 0 Å². The third-order valence-electron chi connectivity index (χ3n) is 5.33. The van der Waals surface area contributed by atoms with Crippen LogP contribution in [-0.2, 0) is 0 Å². The summed E-state index contributed by atoms with van der Waals surface area (Å²) in [4.78, 5) is 13.2. The first-order valence-electron chi connectivity index (χ1n) is 7.75. The number of hydrogen-bond donors (Lipinski definition) is 1. The van der Waals surface area contributed by atoms with Gasteiger partial charge in [0.25, 0.3) is 0 Å². The largest absolute Gasteiger partial charge is 0.317 e. The number of hydrogen-bond acceptors (Lipinski definition) is 2. The van der Waals surface area contributed by atoms with E-state index in [0.717, 1.165) is 31.8 Å². The molecule has 1 aliphatic carbocycles. The molecule has 4 heteroatoms. The topological polar surface area (TPSA) is 29.1 Å². The number of benzene rings is 1. The SMILES string of the molecule is CC(C1CC1)C1(C(=O)c2ccc(Cl)c(Cl)c2)CCNCC1. The number of Topliss-reactive ketones (excluding diaryl/α,β-unsaturated/α-hetero) is 1. The van der Waals surface area contributed by atoms with E-state index in [1.807, 2.05) is 6.07 Å². The first kappa shape index (κ1) is 15.3. The molecule has 1 heterocycles. The summed E-state index contributed by atoms with van der Waals surface area (Å²) in [6, 6.07) is 5.28. The number of nitrogens with one attached hydrogen (secondary N) is 1. The van der Waals surface area contributed by atoms with E-state index in [-0.39, 0.29) is 11.2 Å². The van der Waals surface area contributed by atoms with E-state index in [9.17, 15) is 4.79 Å². The fourth-order valence-electron chi connectivity index (χ4n) is 3.73. The Bertz CT molecular complexity index is 548. The van der Waals surface area contributed by atoms with Gasteiger partial charge in [0.05, 0.1) is 10.0 Å². The van der Waals surface area contributed by atoms with E-state index >= 15 is 0 Å². The molecular weight excluding hydrogens is 305 g/mol. The molecule has 0 radical (unpaired) electrons. The lowest BCUT2D eigenvalue weighted by molar-refractivity contribution is 0.0542. The van der Waals surface area contributed by atoms with Crippen molar-refractivity contribution in [2.75, 3.05) is 13.1 Å². The smallest absolute Gasteiger partial charge is 0.169 e. The highest BCUT2D eigenvalue weighted by molar-refractivity contribution is 6.42.